The number of nitrogens with two attached hydrogens (primary N) is 1. The fourth-order valence-electron chi connectivity index (χ4n) is 1.88. The van der Waals surface area contributed by atoms with Gasteiger partial charge in [-0.05, 0) is 36.1 Å². The van der Waals surface area contributed by atoms with Crippen LogP contribution in [0.3, 0.4) is 0 Å². The molecule has 0 amide bonds. The molecule has 4 heteroatoms. The molecule has 0 saturated heterocycles. The number of benzene rings is 1. The Morgan fingerprint density at radius 2 is 1.89 bits per heavy atom. The highest BCUT2D eigenvalue weighted by molar-refractivity contribution is 7.10. The molecule has 0 saturated carbocycles. The average molecular weight is 276 g/mol. The standard InChI is InChI=1S/C15H20N2OS/c1-11(18-14-8-9-19-15(14)10-16)12-4-6-13(7-5-12)17(2)3/h4-9,11H,10,16H2,1-3H3. The smallest absolute Gasteiger partial charge is 0.135 e. The zero-order chi connectivity index (χ0) is 13.8. The van der Waals surface area contributed by atoms with E-state index >= 15 is 0 Å². The van der Waals surface area contributed by atoms with Crippen LogP contribution in [0.2, 0.25) is 0 Å². The molecule has 3 nitrogen and oxygen atoms in total. The van der Waals surface area contributed by atoms with Crippen molar-refractivity contribution in [1.29, 1.82) is 0 Å². The van der Waals surface area contributed by atoms with Gasteiger partial charge in [-0.3, -0.25) is 0 Å². The van der Waals surface area contributed by atoms with Gasteiger partial charge in [-0.2, -0.15) is 0 Å². The van der Waals surface area contributed by atoms with Crippen molar-refractivity contribution in [2.45, 2.75) is 19.6 Å². The molecule has 0 radical (unpaired) electrons. The molecular weight excluding hydrogens is 256 g/mol. The van der Waals surface area contributed by atoms with Gasteiger partial charge in [0.1, 0.15) is 11.9 Å². The first kappa shape index (κ1) is 13.9. The van der Waals surface area contributed by atoms with Gasteiger partial charge in [-0.15, -0.1) is 11.3 Å². The summed E-state index contributed by atoms with van der Waals surface area (Å²) in [6.07, 6.45) is 0.0242. The summed E-state index contributed by atoms with van der Waals surface area (Å²) >= 11 is 1.64. The fourth-order valence-corrected chi connectivity index (χ4v) is 2.57. The summed E-state index contributed by atoms with van der Waals surface area (Å²) in [5.74, 6) is 0.900. The third-order valence-corrected chi connectivity index (χ3v) is 4.00. The van der Waals surface area contributed by atoms with Gasteiger partial charge in [0.25, 0.3) is 0 Å². The van der Waals surface area contributed by atoms with E-state index in [1.54, 1.807) is 11.3 Å². The van der Waals surface area contributed by atoms with E-state index in [9.17, 15) is 0 Å². The minimum Gasteiger partial charge on any atom is -0.485 e. The monoisotopic (exact) mass is 276 g/mol. The molecule has 1 aromatic heterocycles. The highest BCUT2D eigenvalue weighted by atomic mass is 32.1. The molecule has 0 aliphatic rings. The van der Waals surface area contributed by atoms with E-state index in [0.29, 0.717) is 6.54 Å². The third-order valence-electron chi connectivity index (χ3n) is 3.07. The van der Waals surface area contributed by atoms with Gasteiger partial charge in [0.2, 0.25) is 0 Å². The molecular formula is C15H20N2OS. The topological polar surface area (TPSA) is 38.5 Å². The van der Waals surface area contributed by atoms with Gasteiger partial charge >= 0.3 is 0 Å². The van der Waals surface area contributed by atoms with Crippen molar-refractivity contribution >= 4 is 17.0 Å². The number of hydrogen-bond donors (Lipinski definition) is 1. The summed E-state index contributed by atoms with van der Waals surface area (Å²) in [7, 11) is 4.07. The van der Waals surface area contributed by atoms with Crippen molar-refractivity contribution in [2.24, 2.45) is 5.73 Å². The predicted octanol–water partition coefficient (Wildman–Crippen LogP) is 3.41. The van der Waals surface area contributed by atoms with Gasteiger partial charge in [-0.1, -0.05) is 12.1 Å². The summed E-state index contributed by atoms with van der Waals surface area (Å²) in [6, 6.07) is 10.4. The largest absolute Gasteiger partial charge is 0.485 e. The Morgan fingerprint density at radius 3 is 2.47 bits per heavy atom. The van der Waals surface area contributed by atoms with Gasteiger partial charge in [0.05, 0.1) is 4.88 Å². The highest BCUT2D eigenvalue weighted by Gasteiger charge is 2.11. The van der Waals surface area contributed by atoms with Gasteiger partial charge < -0.3 is 15.4 Å². The molecule has 0 aliphatic carbocycles. The van der Waals surface area contributed by atoms with Crippen LogP contribution < -0.4 is 15.4 Å². The van der Waals surface area contributed by atoms with E-state index in [4.69, 9.17) is 10.5 Å². The number of ether oxygens (including phenoxy) is 1. The second-order valence-electron chi connectivity index (χ2n) is 4.66. The van der Waals surface area contributed by atoms with Crippen LogP contribution in [-0.2, 0) is 6.54 Å². The molecule has 2 N–H and O–H groups in total. The Kier molecular flexibility index (Phi) is 4.45. The molecule has 0 fully saturated rings. The van der Waals surface area contributed by atoms with E-state index in [-0.39, 0.29) is 6.10 Å². The zero-order valence-electron chi connectivity index (χ0n) is 11.6. The lowest BCUT2D eigenvalue weighted by Crippen LogP contribution is -2.09. The summed E-state index contributed by atoms with van der Waals surface area (Å²) in [6.45, 7) is 2.59. The number of thiophene rings is 1. The minimum atomic E-state index is 0.0242. The molecule has 19 heavy (non-hydrogen) atoms. The molecule has 0 aliphatic heterocycles. The van der Waals surface area contributed by atoms with Gasteiger partial charge in [0, 0.05) is 26.3 Å². The maximum Gasteiger partial charge on any atom is 0.135 e. The van der Waals surface area contributed by atoms with Crippen LogP contribution in [0.5, 0.6) is 5.75 Å². The van der Waals surface area contributed by atoms with E-state index in [2.05, 4.69) is 36.1 Å². The summed E-state index contributed by atoms with van der Waals surface area (Å²) in [5, 5.41) is 2.01. The van der Waals surface area contributed by atoms with E-state index < -0.39 is 0 Å². The molecule has 2 rings (SSSR count). The quantitative estimate of drug-likeness (QED) is 0.909. The van der Waals surface area contributed by atoms with E-state index in [1.165, 1.54) is 11.3 Å². The van der Waals surface area contributed by atoms with Crippen molar-refractivity contribution in [3.63, 3.8) is 0 Å². The number of rotatable bonds is 5. The Hall–Kier alpha value is -1.52. The molecule has 2 aromatic rings. The highest BCUT2D eigenvalue weighted by Crippen LogP contribution is 2.29. The Balaban J connectivity index is 2.09. The second-order valence-corrected chi connectivity index (χ2v) is 5.66. The molecule has 1 aromatic carbocycles. The van der Waals surface area contributed by atoms with Crippen LogP contribution in [0.25, 0.3) is 0 Å². The maximum atomic E-state index is 5.98. The van der Waals surface area contributed by atoms with Crippen LogP contribution in [0.15, 0.2) is 35.7 Å². The lowest BCUT2D eigenvalue weighted by Gasteiger charge is -2.17. The normalized spacial score (nSPS) is 12.2. The average Bonchev–Trinajstić information content (AvgIpc) is 2.86. The minimum absolute atomic E-state index is 0.0242. The molecule has 1 unspecified atom stereocenters. The first-order valence-electron chi connectivity index (χ1n) is 6.32. The number of anilines is 1. The van der Waals surface area contributed by atoms with Crippen LogP contribution >= 0.6 is 11.3 Å². The number of nitrogens with zero attached hydrogens (tertiary/aromatic N) is 1. The van der Waals surface area contributed by atoms with E-state index in [0.717, 1.165) is 10.6 Å². The second kappa shape index (κ2) is 6.08. The lowest BCUT2D eigenvalue weighted by molar-refractivity contribution is 0.226. The molecule has 0 spiro atoms. The Bertz CT molecular complexity index is 519. The van der Waals surface area contributed by atoms with E-state index in [1.807, 2.05) is 25.5 Å². The van der Waals surface area contributed by atoms with Crippen molar-refractivity contribution in [1.82, 2.24) is 0 Å². The SMILES string of the molecule is CC(Oc1ccsc1CN)c1ccc(N(C)C)cc1. The number of hydrogen-bond acceptors (Lipinski definition) is 4. The molecule has 1 atom stereocenters. The van der Waals surface area contributed by atoms with Crippen molar-refractivity contribution in [3.05, 3.63) is 46.2 Å². The molecule has 102 valence electrons. The summed E-state index contributed by atoms with van der Waals surface area (Å²) < 4.78 is 5.98. The Labute approximate surface area is 118 Å². The fraction of sp³-hybridized carbons (Fsp3) is 0.333. The van der Waals surface area contributed by atoms with Crippen LogP contribution in [0.4, 0.5) is 5.69 Å². The first-order valence-corrected chi connectivity index (χ1v) is 7.20. The maximum absolute atomic E-state index is 5.98. The lowest BCUT2D eigenvalue weighted by atomic mass is 10.1. The summed E-state index contributed by atoms with van der Waals surface area (Å²) in [4.78, 5) is 3.18. The van der Waals surface area contributed by atoms with Crippen molar-refractivity contribution in [2.75, 3.05) is 19.0 Å². The van der Waals surface area contributed by atoms with Crippen molar-refractivity contribution in [3.8, 4) is 5.75 Å². The van der Waals surface area contributed by atoms with Gasteiger partial charge in [0.15, 0.2) is 0 Å². The van der Waals surface area contributed by atoms with Gasteiger partial charge in [-0.25, -0.2) is 0 Å². The third kappa shape index (κ3) is 3.28. The van der Waals surface area contributed by atoms with Crippen LogP contribution in [0.1, 0.15) is 23.5 Å². The summed E-state index contributed by atoms with van der Waals surface area (Å²) in [5.41, 5.74) is 8.04. The first-order chi connectivity index (χ1) is 9.11. The molecule has 0 bridgehead atoms. The predicted molar refractivity (Wildman–Crippen MR) is 82.0 cm³/mol. The van der Waals surface area contributed by atoms with Crippen LogP contribution in [0, 0.1) is 0 Å². The van der Waals surface area contributed by atoms with Crippen molar-refractivity contribution < 1.29 is 4.74 Å². The molecule has 1 heterocycles. The van der Waals surface area contributed by atoms with Crippen LogP contribution in [-0.4, -0.2) is 14.1 Å². The Morgan fingerprint density at radius 1 is 1.21 bits per heavy atom. The zero-order valence-corrected chi connectivity index (χ0v) is 12.4.